The maximum absolute atomic E-state index is 8.67. The van der Waals surface area contributed by atoms with E-state index < -0.39 is 0 Å². The smallest absolute Gasteiger partial charge is 0.119 e. The molecule has 0 bridgehead atoms. The molecule has 1 aromatic rings. The average Bonchev–Trinajstić information content (AvgIpc) is 2.37. The number of benzene rings is 1. The van der Waals surface area contributed by atoms with E-state index in [1.54, 1.807) is 12.1 Å². The summed E-state index contributed by atoms with van der Waals surface area (Å²) in [7, 11) is 0. The number of rotatable bonds is 7. The van der Waals surface area contributed by atoms with Crippen LogP contribution in [0.3, 0.4) is 0 Å². The molecular formula is C14H20N2O. The summed E-state index contributed by atoms with van der Waals surface area (Å²) >= 11 is 0. The molecule has 0 aromatic heterocycles. The third-order valence-electron chi connectivity index (χ3n) is 2.44. The second-order valence-corrected chi connectivity index (χ2v) is 4.26. The van der Waals surface area contributed by atoms with Crippen LogP contribution in [0.5, 0.6) is 5.75 Å². The van der Waals surface area contributed by atoms with Gasteiger partial charge in [-0.05, 0) is 37.2 Å². The summed E-state index contributed by atoms with van der Waals surface area (Å²) in [5.41, 5.74) is 0.662. The number of hydrogen-bond acceptors (Lipinski definition) is 3. The third-order valence-corrected chi connectivity index (χ3v) is 2.44. The van der Waals surface area contributed by atoms with Crippen LogP contribution in [0, 0.1) is 17.2 Å². The predicted molar refractivity (Wildman–Crippen MR) is 69.0 cm³/mol. The Morgan fingerprint density at radius 2 is 2.06 bits per heavy atom. The molecule has 0 radical (unpaired) electrons. The SMILES string of the molecule is CCCNCC(C)COc1ccc(C#N)cc1. The third kappa shape index (κ3) is 5.37. The van der Waals surface area contributed by atoms with Gasteiger partial charge in [-0.2, -0.15) is 5.26 Å². The molecule has 1 atom stereocenters. The van der Waals surface area contributed by atoms with Gasteiger partial charge in [0, 0.05) is 12.5 Å². The fourth-order valence-electron chi connectivity index (χ4n) is 1.45. The molecule has 1 unspecified atom stereocenters. The minimum atomic E-state index is 0.484. The highest BCUT2D eigenvalue weighted by molar-refractivity contribution is 5.34. The number of ether oxygens (including phenoxy) is 1. The van der Waals surface area contributed by atoms with Crippen LogP contribution in [0.1, 0.15) is 25.8 Å². The Labute approximate surface area is 103 Å². The molecule has 0 amide bonds. The highest BCUT2D eigenvalue weighted by atomic mass is 16.5. The number of nitrogens with one attached hydrogen (secondary N) is 1. The molecule has 0 aliphatic rings. The summed E-state index contributed by atoms with van der Waals surface area (Å²) in [6, 6.07) is 9.31. The Morgan fingerprint density at radius 1 is 1.35 bits per heavy atom. The van der Waals surface area contributed by atoms with Crippen LogP contribution in [0.25, 0.3) is 0 Å². The van der Waals surface area contributed by atoms with E-state index in [4.69, 9.17) is 10.00 Å². The summed E-state index contributed by atoms with van der Waals surface area (Å²) in [6.07, 6.45) is 1.16. The van der Waals surface area contributed by atoms with E-state index in [1.165, 1.54) is 0 Å². The van der Waals surface area contributed by atoms with Crippen molar-refractivity contribution in [2.45, 2.75) is 20.3 Å². The van der Waals surface area contributed by atoms with E-state index in [1.807, 2.05) is 12.1 Å². The summed E-state index contributed by atoms with van der Waals surface area (Å²) < 4.78 is 5.65. The van der Waals surface area contributed by atoms with Crippen molar-refractivity contribution in [3.05, 3.63) is 29.8 Å². The van der Waals surface area contributed by atoms with Crippen LogP contribution in [-0.2, 0) is 0 Å². The molecule has 92 valence electrons. The Kier molecular flexibility index (Phi) is 6.13. The Morgan fingerprint density at radius 3 is 2.65 bits per heavy atom. The Balaban J connectivity index is 2.27. The lowest BCUT2D eigenvalue weighted by Gasteiger charge is -2.13. The van der Waals surface area contributed by atoms with Gasteiger partial charge in [-0.1, -0.05) is 13.8 Å². The minimum Gasteiger partial charge on any atom is -0.493 e. The molecule has 0 heterocycles. The van der Waals surface area contributed by atoms with Crippen molar-refractivity contribution in [2.75, 3.05) is 19.7 Å². The van der Waals surface area contributed by atoms with Gasteiger partial charge in [0.15, 0.2) is 0 Å². The normalized spacial score (nSPS) is 11.8. The lowest BCUT2D eigenvalue weighted by atomic mass is 10.2. The quantitative estimate of drug-likeness (QED) is 0.735. The average molecular weight is 232 g/mol. The van der Waals surface area contributed by atoms with Gasteiger partial charge in [0.1, 0.15) is 5.75 Å². The van der Waals surface area contributed by atoms with Gasteiger partial charge in [0.2, 0.25) is 0 Å². The van der Waals surface area contributed by atoms with E-state index in [0.29, 0.717) is 18.1 Å². The topological polar surface area (TPSA) is 45.0 Å². The maximum Gasteiger partial charge on any atom is 0.119 e. The highest BCUT2D eigenvalue weighted by Crippen LogP contribution is 2.12. The molecule has 0 spiro atoms. The van der Waals surface area contributed by atoms with Gasteiger partial charge in [-0.15, -0.1) is 0 Å². The first-order chi connectivity index (χ1) is 8.26. The molecule has 0 saturated carbocycles. The van der Waals surface area contributed by atoms with Gasteiger partial charge in [0.05, 0.1) is 18.2 Å². The second kappa shape index (κ2) is 7.70. The molecule has 0 aliphatic heterocycles. The first-order valence-corrected chi connectivity index (χ1v) is 6.10. The number of hydrogen-bond donors (Lipinski definition) is 1. The molecule has 0 aliphatic carbocycles. The molecule has 17 heavy (non-hydrogen) atoms. The van der Waals surface area contributed by atoms with Crippen molar-refractivity contribution < 1.29 is 4.74 Å². The fraction of sp³-hybridized carbons (Fsp3) is 0.500. The zero-order chi connectivity index (χ0) is 12.5. The van der Waals surface area contributed by atoms with Crippen LogP contribution in [-0.4, -0.2) is 19.7 Å². The molecular weight excluding hydrogens is 212 g/mol. The first-order valence-electron chi connectivity index (χ1n) is 6.10. The van der Waals surface area contributed by atoms with Crippen molar-refractivity contribution in [3.8, 4) is 11.8 Å². The van der Waals surface area contributed by atoms with Gasteiger partial charge in [0.25, 0.3) is 0 Å². The monoisotopic (exact) mass is 232 g/mol. The largest absolute Gasteiger partial charge is 0.493 e. The Bertz CT molecular complexity index is 353. The van der Waals surface area contributed by atoms with Crippen LogP contribution < -0.4 is 10.1 Å². The molecule has 0 fully saturated rings. The zero-order valence-electron chi connectivity index (χ0n) is 10.6. The van der Waals surface area contributed by atoms with Crippen molar-refractivity contribution in [3.63, 3.8) is 0 Å². The predicted octanol–water partition coefficient (Wildman–Crippen LogP) is 2.57. The van der Waals surface area contributed by atoms with E-state index in [9.17, 15) is 0 Å². The fourth-order valence-corrected chi connectivity index (χ4v) is 1.45. The van der Waals surface area contributed by atoms with Gasteiger partial charge < -0.3 is 10.1 Å². The van der Waals surface area contributed by atoms with E-state index in [-0.39, 0.29) is 0 Å². The summed E-state index contributed by atoms with van der Waals surface area (Å²) in [5, 5.41) is 12.0. The van der Waals surface area contributed by atoms with Crippen molar-refractivity contribution in [2.24, 2.45) is 5.92 Å². The number of nitriles is 1. The van der Waals surface area contributed by atoms with Gasteiger partial charge >= 0.3 is 0 Å². The lowest BCUT2D eigenvalue weighted by Crippen LogP contribution is -2.25. The number of nitrogens with zero attached hydrogens (tertiary/aromatic N) is 1. The van der Waals surface area contributed by atoms with Crippen LogP contribution in [0.4, 0.5) is 0 Å². The molecule has 1 N–H and O–H groups in total. The highest BCUT2D eigenvalue weighted by Gasteiger charge is 2.02. The van der Waals surface area contributed by atoms with Gasteiger partial charge in [-0.3, -0.25) is 0 Å². The molecule has 3 heteroatoms. The van der Waals surface area contributed by atoms with Crippen LogP contribution in [0.15, 0.2) is 24.3 Å². The molecule has 1 aromatic carbocycles. The van der Waals surface area contributed by atoms with Crippen LogP contribution in [0.2, 0.25) is 0 Å². The van der Waals surface area contributed by atoms with Crippen molar-refractivity contribution in [1.82, 2.24) is 5.32 Å². The zero-order valence-corrected chi connectivity index (χ0v) is 10.6. The van der Waals surface area contributed by atoms with Crippen molar-refractivity contribution in [1.29, 1.82) is 5.26 Å². The minimum absolute atomic E-state index is 0.484. The van der Waals surface area contributed by atoms with E-state index in [2.05, 4.69) is 25.2 Å². The lowest BCUT2D eigenvalue weighted by molar-refractivity contribution is 0.256. The van der Waals surface area contributed by atoms with Crippen molar-refractivity contribution >= 4 is 0 Å². The summed E-state index contributed by atoms with van der Waals surface area (Å²) in [5.74, 6) is 1.31. The standard InChI is InChI=1S/C14H20N2O/c1-3-8-16-10-12(2)11-17-14-6-4-13(9-15)5-7-14/h4-7,12,16H,3,8,10-11H2,1-2H3. The summed E-state index contributed by atoms with van der Waals surface area (Å²) in [6.45, 7) is 7.05. The van der Waals surface area contributed by atoms with Gasteiger partial charge in [-0.25, -0.2) is 0 Å². The summed E-state index contributed by atoms with van der Waals surface area (Å²) in [4.78, 5) is 0. The van der Waals surface area contributed by atoms with E-state index in [0.717, 1.165) is 25.3 Å². The second-order valence-electron chi connectivity index (χ2n) is 4.26. The van der Waals surface area contributed by atoms with E-state index >= 15 is 0 Å². The maximum atomic E-state index is 8.67. The molecule has 1 rings (SSSR count). The first kappa shape index (κ1) is 13.5. The Hall–Kier alpha value is -1.53. The van der Waals surface area contributed by atoms with Crippen LogP contribution >= 0.6 is 0 Å². The molecule has 3 nitrogen and oxygen atoms in total. The molecule has 0 saturated heterocycles.